The lowest BCUT2D eigenvalue weighted by atomic mass is 10.1. The first-order valence-corrected chi connectivity index (χ1v) is 17.7. The molecule has 0 aliphatic heterocycles. The second-order valence-electron chi connectivity index (χ2n) is 12.6. The molecule has 3 heterocycles. The quantitative estimate of drug-likeness (QED) is 0.178. The van der Waals surface area contributed by atoms with E-state index in [1.54, 1.807) is 0 Å². The first-order chi connectivity index (χ1) is 25.2. The molecule has 240 valence electrons. The number of hydrogen-bond acceptors (Lipinski definition) is 3. The zero-order valence-corrected chi connectivity index (χ0v) is 28.9. The summed E-state index contributed by atoms with van der Waals surface area (Å²) in [5, 5.41) is 4.79. The molecule has 0 N–H and O–H groups in total. The van der Waals surface area contributed by atoms with Crippen molar-refractivity contribution in [3.8, 4) is 45.5 Å². The lowest BCUT2D eigenvalue weighted by Crippen LogP contribution is -2.05. The molecular weight excluding hydrogens is 690 g/mol. The summed E-state index contributed by atoms with van der Waals surface area (Å²) >= 11 is 3.73. The van der Waals surface area contributed by atoms with Gasteiger partial charge in [-0.2, -0.15) is 0 Å². The van der Waals surface area contributed by atoms with E-state index in [0.29, 0.717) is 17.5 Å². The second-order valence-corrected chi connectivity index (χ2v) is 13.5. The lowest BCUT2D eigenvalue weighted by molar-refractivity contribution is 1.06. The summed E-state index contributed by atoms with van der Waals surface area (Å²) in [5.41, 5.74) is 9.39. The van der Waals surface area contributed by atoms with E-state index in [1.165, 1.54) is 21.5 Å². The molecule has 0 radical (unpaired) electrons. The van der Waals surface area contributed by atoms with Crippen molar-refractivity contribution in [3.63, 3.8) is 0 Å². The first-order valence-electron chi connectivity index (χ1n) is 16.9. The molecule has 0 spiro atoms. The predicted octanol–water partition coefficient (Wildman–Crippen LogP) is 11.8. The van der Waals surface area contributed by atoms with Crippen LogP contribution in [0.3, 0.4) is 0 Å². The number of aromatic nitrogens is 5. The summed E-state index contributed by atoms with van der Waals surface area (Å²) in [4.78, 5) is 15.2. The van der Waals surface area contributed by atoms with Crippen LogP contribution in [0.1, 0.15) is 0 Å². The molecule has 0 unspecified atom stereocenters. The fraction of sp³-hybridized carbons (Fsp3) is 0. The van der Waals surface area contributed by atoms with Gasteiger partial charge in [0.15, 0.2) is 17.5 Å². The zero-order chi connectivity index (χ0) is 33.9. The molecule has 0 saturated carbocycles. The molecule has 0 aliphatic carbocycles. The third-order valence-corrected chi connectivity index (χ3v) is 10.1. The van der Waals surface area contributed by atoms with Crippen LogP contribution in [-0.4, -0.2) is 24.1 Å². The van der Waals surface area contributed by atoms with Crippen molar-refractivity contribution in [1.29, 1.82) is 0 Å². The van der Waals surface area contributed by atoms with Crippen LogP contribution in [0.2, 0.25) is 0 Å². The Hall–Kier alpha value is -6.37. The van der Waals surface area contributed by atoms with E-state index in [4.69, 9.17) is 15.0 Å². The molecule has 10 aromatic rings. The third-order valence-electron chi connectivity index (χ3n) is 9.63. The van der Waals surface area contributed by atoms with E-state index in [9.17, 15) is 0 Å². The first kappa shape index (κ1) is 29.5. The Morgan fingerprint density at radius 2 is 0.765 bits per heavy atom. The minimum absolute atomic E-state index is 0.613. The van der Waals surface area contributed by atoms with Gasteiger partial charge >= 0.3 is 0 Å². The highest BCUT2D eigenvalue weighted by Crippen LogP contribution is 2.40. The third kappa shape index (κ3) is 4.87. The van der Waals surface area contributed by atoms with Gasteiger partial charge in [0.05, 0.1) is 33.4 Å². The van der Waals surface area contributed by atoms with Crippen LogP contribution in [0.5, 0.6) is 0 Å². The summed E-state index contributed by atoms with van der Waals surface area (Å²) in [5.74, 6) is 1.88. The van der Waals surface area contributed by atoms with Crippen LogP contribution in [0.15, 0.2) is 174 Å². The van der Waals surface area contributed by atoms with Gasteiger partial charge in [-0.3, -0.25) is 0 Å². The molecule has 7 aromatic carbocycles. The number of rotatable bonds is 5. The Morgan fingerprint density at radius 3 is 1.31 bits per heavy atom. The minimum atomic E-state index is 0.613. The maximum atomic E-state index is 5.10. The fourth-order valence-corrected chi connectivity index (χ4v) is 7.72. The Morgan fingerprint density at radius 1 is 0.333 bits per heavy atom. The number of halogens is 1. The Labute approximate surface area is 302 Å². The smallest absolute Gasteiger partial charge is 0.164 e. The van der Waals surface area contributed by atoms with Gasteiger partial charge in [0, 0.05) is 42.7 Å². The van der Waals surface area contributed by atoms with Crippen LogP contribution in [0.25, 0.3) is 89.2 Å². The van der Waals surface area contributed by atoms with E-state index in [-0.39, 0.29) is 0 Å². The highest BCUT2D eigenvalue weighted by atomic mass is 79.9. The summed E-state index contributed by atoms with van der Waals surface area (Å²) in [6, 6.07) is 59.3. The van der Waals surface area contributed by atoms with Gasteiger partial charge in [-0.05, 0) is 54.6 Å². The second kappa shape index (κ2) is 11.9. The van der Waals surface area contributed by atoms with Gasteiger partial charge in [-0.15, -0.1) is 0 Å². The summed E-state index contributed by atoms with van der Waals surface area (Å²) in [6.07, 6.45) is 0. The normalized spacial score (nSPS) is 11.6. The van der Waals surface area contributed by atoms with Crippen molar-refractivity contribution in [3.05, 3.63) is 174 Å². The maximum absolute atomic E-state index is 5.10. The van der Waals surface area contributed by atoms with Crippen molar-refractivity contribution in [2.24, 2.45) is 0 Å². The van der Waals surface area contributed by atoms with Gasteiger partial charge in [-0.1, -0.05) is 131 Å². The molecule has 51 heavy (non-hydrogen) atoms. The van der Waals surface area contributed by atoms with Gasteiger partial charge in [-0.25, -0.2) is 15.0 Å². The molecule has 6 heteroatoms. The largest absolute Gasteiger partial charge is 0.307 e. The molecule has 0 fully saturated rings. The highest BCUT2D eigenvalue weighted by molar-refractivity contribution is 9.10. The average Bonchev–Trinajstić information content (AvgIpc) is 3.70. The number of nitrogens with zero attached hydrogens (tertiary/aromatic N) is 5. The molecular formula is C45H28BrN5. The van der Waals surface area contributed by atoms with Crippen molar-refractivity contribution < 1.29 is 0 Å². The number of hydrogen-bond donors (Lipinski definition) is 0. The number of para-hydroxylation sites is 3. The minimum Gasteiger partial charge on any atom is -0.307 e. The number of benzene rings is 7. The van der Waals surface area contributed by atoms with Crippen LogP contribution in [-0.2, 0) is 0 Å². The standard InChI is InChI=1S/C45H28BrN5/c46-32-24-26-40-36(28-32)35-19-9-12-22-39(35)50(40)41-25-23-31(27-42(41)51-37-20-10-7-17-33(37)34-18-8-11-21-38(34)51)45-48-43(29-13-3-1-4-14-29)47-44(49-45)30-15-5-2-6-16-30/h1-28H. The van der Waals surface area contributed by atoms with Gasteiger partial charge < -0.3 is 9.13 Å². The van der Waals surface area contributed by atoms with Gasteiger partial charge in [0.25, 0.3) is 0 Å². The molecule has 0 bridgehead atoms. The molecule has 5 nitrogen and oxygen atoms in total. The van der Waals surface area contributed by atoms with Gasteiger partial charge in [0.2, 0.25) is 0 Å². The van der Waals surface area contributed by atoms with Crippen LogP contribution in [0, 0.1) is 0 Å². The molecule has 0 saturated heterocycles. The fourth-order valence-electron chi connectivity index (χ4n) is 7.36. The predicted molar refractivity (Wildman–Crippen MR) is 213 cm³/mol. The maximum Gasteiger partial charge on any atom is 0.164 e. The van der Waals surface area contributed by atoms with Crippen LogP contribution in [0.4, 0.5) is 0 Å². The van der Waals surface area contributed by atoms with Crippen molar-refractivity contribution in [2.75, 3.05) is 0 Å². The summed E-state index contributed by atoms with van der Waals surface area (Å²) in [6.45, 7) is 0. The Bertz CT molecular complexity index is 2820. The monoisotopic (exact) mass is 717 g/mol. The SMILES string of the molecule is Brc1ccc2c(c1)c1ccccc1n2-c1ccc(-c2nc(-c3ccccc3)nc(-c3ccccc3)n2)cc1-n1c2ccccc2c2ccccc21. The van der Waals surface area contributed by atoms with Crippen molar-refractivity contribution >= 4 is 59.5 Å². The van der Waals surface area contributed by atoms with Crippen LogP contribution < -0.4 is 0 Å². The van der Waals surface area contributed by atoms with E-state index in [0.717, 1.165) is 54.6 Å². The van der Waals surface area contributed by atoms with E-state index in [1.807, 2.05) is 60.7 Å². The van der Waals surface area contributed by atoms with E-state index < -0.39 is 0 Å². The molecule has 3 aromatic heterocycles. The molecule has 0 atom stereocenters. The molecule has 0 amide bonds. The van der Waals surface area contributed by atoms with Gasteiger partial charge in [0.1, 0.15) is 0 Å². The number of fused-ring (bicyclic) bond motifs is 6. The topological polar surface area (TPSA) is 48.5 Å². The van der Waals surface area contributed by atoms with E-state index >= 15 is 0 Å². The Balaban J connectivity index is 1.31. The molecule has 0 aliphatic rings. The summed E-state index contributed by atoms with van der Waals surface area (Å²) < 4.78 is 5.83. The Kier molecular flexibility index (Phi) is 6.89. The van der Waals surface area contributed by atoms with Crippen molar-refractivity contribution in [1.82, 2.24) is 24.1 Å². The molecule has 10 rings (SSSR count). The van der Waals surface area contributed by atoms with E-state index in [2.05, 4.69) is 134 Å². The van der Waals surface area contributed by atoms with Crippen LogP contribution >= 0.6 is 15.9 Å². The summed E-state index contributed by atoms with van der Waals surface area (Å²) in [7, 11) is 0. The lowest BCUT2D eigenvalue weighted by Gasteiger charge is -2.18. The average molecular weight is 719 g/mol. The zero-order valence-electron chi connectivity index (χ0n) is 27.3. The highest BCUT2D eigenvalue weighted by Gasteiger charge is 2.21. The van der Waals surface area contributed by atoms with Crippen molar-refractivity contribution in [2.45, 2.75) is 0 Å².